The Morgan fingerprint density at radius 2 is 1.94 bits per heavy atom. The summed E-state index contributed by atoms with van der Waals surface area (Å²) >= 11 is 0. The van der Waals surface area contributed by atoms with Crippen molar-refractivity contribution < 1.29 is 38.5 Å². The number of esters is 3. The highest BCUT2D eigenvalue weighted by atomic mass is 16.7. The number of carbonyl (C=O) groups excluding carboxylic acids is 3. The van der Waals surface area contributed by atoms with Gasteiger partial charge in [-0.15, -0.1) is 0 Å². The van der Waals surface area contributed by atoms with Crippen LogP contribution in [0.4, 0.5) is 5.82 Å². The van der Waals surface area contributed by atoms with Gasteiger partial charge in [0.25, 0.3) is 0 Å². The van der Waals surface area contributed by atoms with Gasteiger partial charge < -0.3 is 18.9 Å². The molecular weight excluding hydrogens is 414 g/mol. The van der Waals surface area contributed by atoms with Crippen LogP contribution in [0.15, 0.2) is 29.2 Å². The summed E-state index contributed by atoms with van der Waals surface area (Å²) in [4.78, 5) is 52.3. The first-order valence-corrected chi connectivity index (χ1v) is 9.78. The zero-order valence-electron chi connectivity index (χ0n) is 16.5. The molecule has 4 rings (SSSR count). The Hall–Kier alpha value is -3.25. The second kappa shape index (κ2) is 8.47. The third kappa shape index (κ3) is 4.44. The first-order chi connectivity index (χ1) is 14.9. The van der Waals surface area contributed by atoms with Crippen LogP contribution in [-0.4, -0.2) is 57.6 Å². The van der Waals surface area contributed by atoms with E-state index in [4.69, 9.17) is 24.2 Å². The molecule has 12 nitrogen and oxygen atoms in total. The van der Waals surface area contributed by atoms with E-state index in [1.54, 1.807) is 12.4 Å². The van der Waals surface area contributed by atoms with E-state index < -0.39 is 48.1 Å². The van der Waals surface area contributed by atoms with Crippen molar-refractivity contribution in [1.29, 1.82) is 0 Å². The van der Waals surface area contributed by atoms with Crippen LogP contribution in [-0.2, 0) is 33.3 Å². The summed E-state index contributed by atoms with van der Waals surface area (Å²) in [6.45, 7) is 1.52. The molecule has 3 aliphatic rings. The van der Waals surface area contributed by atoms with Gasteiger partial charge in [-0.2, -0.15) is 4.98 Å². The SMILES string of the molecule is CC(C(=O)OC[C@H]1O[C@@H](n2ccc(NO)nc2=O)[C@@H]2OC(=O)/C=C\C(=O)OC21)C1CC1. The number of rotatable bonds is 6. The largest absolute Gasteiger partial charge is 0.463 e. The minimum Gasteiger partial charge on any atom is -0.463 e. The number of nitrogens with zero attached hydrogens (tertiary/aromatic N) is 2. The molecule has 2 unspecified atom stereocenters. The highest BCUT2D eigenvalue weighted by Gasteiger charge is 2.52. The number of anilines is 1. The maximum absolute atomic E-state index is 12.4. The Balaban J connectivity index is 1.59. The van der Waals surface area contributed by atoms with E-state index in [-0.39, 0.29) is 18.3 Å². The van der Waals surface area contributed by atoms with Crippen molar-refractivity contribution >= 4 is 23.7 Å². The van der Waals surface area contributed by atoms with Crippen molar-refractivity contribution in [2.45, 2.75) is 44.3 Å². The molecule has 1 aliphatic carbocycles. The predicted octanol–water partition coefficient (Wildman–Crippen LogP) is -0.0755. The summed E-state index contributed by atoms with van der Waals surface area (Å²) in [6, 6.07) is 1.29. The number of nitrogens with one attached hydrogen (secondary N) is 1. The highest BCUT2D eigenvalue weighted by Crippen LogP contribution is 2.38. The second-order valence-corrected chi connectivity index (χ2v) is 7.57. The summed E-state index contributed by atoms with van der Waals surface area (Å²) in [5.41, 5.74) is 0.936. The van der Waals surface area contributed by atoms with Gasteiger partial charge in [-0.3, -0.25) is 20.0 Å². The van der Waals surface area contributed by atoms with Crippen molar-refractivity contribution in [3.05, 3.63) is 34.9 Å². The summed E-state index contributed by atoms with van der Waals surface area (Å²) in [5.74, 6) is -2.10. The molecular formula is C19H21N3O9. The molecule has 2 N–H and O–H groups in total. The maximum Gasteiger partial charge on any atom is 0.351 e. The molecule has 0 radical (unpaired) electrons. The molecule has 1 aromatic rings. The Bertz CT molecular complexity index is 971. The second-order valence-electron chi connectivity index (χ2n) is 7.57. The van der Waals surface area contributed by atoms with E-state index in [0.29, 0.717) is 5.92 Å². The monoisotopic (exact) mass is 435 g/mol. The number of hydrogen-bond acceptors (Lipinski definition) is 11. The van der Waals surface area contributed by atoms with Crippen molar-refractivity contribution in [1.82, 2.24) is 9.55 Å². The molecule has 2 aliphatic heterocycles. The van der Waals surface area contributed by atoms with Gasteiger partial charge in [0, 0.05) is 18.3 Å². The smallest absolute Gasteiger partial charge is 0.351 e. The molecule has 166 valence electrons. The fourth-order valence-corrected chi connectivity index (χ4v) is 3.57. The van der Waals surface area contributed by atoms with Gasteiger partial charge in [-0.1, -0.05) is 6.92 Å². The third-order valence-electron chi connectivity index (χ3n) is 5.45. The molecule has 0 amide bonds. The summed E-state index contributed by atoms with van der Waals surface area (Å²) in [6.07, 6.45) is 0.510. The van der Waals surface area contributed by atoms with Crippen molar-refractivity contribution in [3.8, 4) is 0 Å². The average Bonchev–Trinajstić information content (AvgIpc) is 3.55. The number of aromatic nitrogens is 2. The number of ether oxygens (including phenoxy) is 4. The summed E-state index contributed by atoms with van der Waals surface area (Å²) in [5, 5.41) is 8.92. The highest BCUT2D eigenvalue weighted by molar-refractivity contribution is 5.92. The van der Waals surface area contributed by atoms with Crippen LogP contribution in [0, 0.1) is 11.8 Å². The van der Waals surface area contributed by atoms with Gasteiger partial charge in [0.1, 0.15) is 12.7 Å². The molecule has 0 spiro atoms. The molecule has 31 heavy (non-hydrogen) atoms. The zero-order chi connectivity index (χ0) is 22.1. The van der Waals surface area contributed by atoms with Crippen molar-refractivity contribution in [2.24, 2.45) is 11.8 Å². The lowest BCUT2D eigenvalue weighted by atomic mass is 10.1. The Morgan fingerprint density at radius 1 is 1.26 bits per heavy atom. The van der Waals surface area contributed by atoms with Gasteiger partial charge in [0.15, 0.2) is 24.3 Å². The third-order valence-corrected chi connectivity index (χ3v) is 5.45. The molecule has 3 heterocycles. The molecule has 0 aromatic carbocycles. The quantitative estimate of drug-likeness (QED) is 0.350. The summed E-state index contributed by atoms with van der Waals surface area (Å²) in [7, 11) is 0. The van der Waals surface area contributed by atoms with Crippen LogP contribution in [0.2, 0.25) is 0 Å². The van der Waals surface area contributed by atoms with Crippen LogP contribution in [0.3, 0.4) is 0 Å². The lowest BCUT2D eigenvalue weighted by Gasteiger charge is -2.25. The average molecular weight is 435 g/mol. The Labute approximate surface area is 175 Å². The number of fused-ring (bicyclic) bond motifs is 1. The van der Waals surface area contributed by atoms with E-state index >= 15 is 0 Å². The summed E-state index contributed by atoms with van der Waals surface area (Å²) < 4.78 is 22.9. The number of carbonyl (C=O) groups is 3. The fourth-order valence-electron chi connectivity index (χ4n) is 3.57. The van der Waals surface area contributed by atoms with Gasteiger partial charge >= 0.3 is 23.6 Å². The van der Waals surface area contributed by atoms with Crippen molar-refractivity contribution in [2.75, 3.05) is 12.1 Å². The minimum atomic E-state index is -1.20. The van der Waals surface area contributed by atoms with E-state index in [1.165, 1.54) is 12.3 Å². The van der Waals surface area contributed by atoms with E-state index in [0.717, 1.165) is 29.6 Å². The van der Waals surface area contributed by atoms with Gasteiger partial charge in [-0.05, 0) is 24.8 Å². The van der Waals surface area contributed by atoms with Gasteiger partial charge in [0.05, 0.1) is 5.92 Å². The van der Waals surface area contributed by atoms with E-state index in [1.807, 2.05) is 0 Å². The fraction of sp³-hybridized carbons (Fsp3) is 0.526. The Morgan fingerprint density at radius 3 is 2.55 bits per heavy atom. The standard InChI is InChI=1S/C19H21N3O9/c1-9(10-2-3-10)18(25)28-8-11-15-16(31-14(24)5-4-13(23)30-15)17(29-11)22-7-6-12(21-27)20-19(22)26/h4-7,9-11,15-17,27H,2-3,8H2,1H3,(H,20,21,26)/b5-4-/t9?,11-,15?,16-,17-/m1/s1. The van der Waals surface area contributed by atoms with E-state index in [9.17, 15) is 19.2 Å². The topological polar surface area (TPSA) is 155 Å². The molecule has 5 atom stereocenters. The zero-order valence-corrected chi connectivity index (χ0v) is 16.5. The molecule has 12 heteroatoms. The van der Waals surface area contributed by atoms with Gasteiger partial charge in [0.2, 0.25) is 0 Å². The van der Waals surface area contributed by atoms with E-state index in [2.05, 4.69) is 4.98 Å². The first kappa shape index (κ1) is 21.0. The van der Waals surface area contributed by atoms with Crippen LogP contribution in [0.1, 0.15) is 26.0 Å². The van der Waals surface area contributed by atoms with Crippen molar-refractivity contribution in [3.63, 3.8) is 0 Å². The number of hydrogen-bond donors (Lipinski definition) is 2. The molecule has 1 saturated carbocycles. The first-order valence-electron chi connectivity index (χ1n) is 9.78. The molecule has 2 fully saturated rings. The normalized spacial score (nSPS) is 29.6. The van der Waals surface area contributed by atoms with Crippen LogP contribution in [0.25, 0.3) is 0 Å². The predicted molar refractivity (Wildman–Crippen MR) is 99.6 cm³/mol. The molecule has 1 saturated heterocycles. The van der Waals surface area contributed by atoms with Crippen LogP contribution in [0.5, 0.6) is 0 Å². The van der Waals surface area contributed by atoms with Crippen LogP contribution < -0.4 is 11.2 Å². The maximum atomic E-state index is 12.4. The molecule has 0 bridgehead atoms. The van der Waals surface area contributed by atoms with Crippen LogP contribution >= 0.6 is 0 Å². The Kier molecular flexibility index (Phi) is 5.74. The minimum absolute atomic E-state index is 0.0978. The molecule has 1 aromatic heterocycles. The lowest BCUT2D eigenvalue weighted by Crippen LogP contribution is -2.43. The van der Waals surface area contributed by atoms with Gasteiger partial charge in [-0.25, -0.2) is 14.4 Å². The lowest BCUT2D eigenvalue weighted by molar-refractivity contribution is -0.165.